The third-order valence-corrected chi connectivity index (χ3v) is 2.43. The van der Waals surface area contributed by atoms with Gasteiger partial charge in [0.2, 0.25) is 0 Å². The Morgan fingerprint density at radius 1 is 1.37 bits per heavy atom. The van der Waals surface area contributed by atoms with Crippen LogP contribution in [0.25, 0.3) is 0 Å². The lowest BCUT2D eigenvalue weighted by Gasteiger charge is -2.05. The molecule has 5 nitrogen and oxygen atoms in total. The Bertz CT molecular complexity index is 457. The first kappa shape index (κ1) is 14.9. The highest BCUT2D eigenvalue weighted by Gasteiger charge is 2.06. The molecule has 0 unspecified atom stereocenters. The fraction of sp³-hybridized carbons (Fsp3) is 0.357. The molecule has 1 aromatic carbocycles. The highest BCUT2D eigenvalue weighted by molar-refractivity contribution is 5.95. The number of amides is 1. The van der Waals surface area contributed by atoms with Crippen molar-refractivity contribution < 1.29 is 19.1 Å². The first-order valence-corrected chi connectivity index (χ1v) is 6.16. The van der Waals surface area contributed by atoms with Crippen LogP contribution in [0.4, 0.5) is 0 Å². The predicted molar refractivity (Wildman–Crippen MR) is 70.0 cm³/mol. The number of nitrogens with one attached hydrogen (secondary N) is 1. The minimum Gasteiger partial charge on any atom is -0.466 e. The monoisotopic (exact) mass is 263 g/mol. The molecule has 0 atom stereocenters. The lowest BCUT2D eigenvalue weighted by molar-refractivity contribution is -0.143. The zero-order valence-corrected chi connectivity index (χ0v) is 10.8. The fourth-order valence-corrected chi connectivity index (χ4v) is 1.52. The maximum atomic E-state index is 11.7. The lowest BCUT2D eigenvalue weighted by atomic mass is 10.1. The van der Waals surface area contributed by atoms with E-state index in [2.05, 4.69) is 5.32 Å². The predicted octanol–water partition coefficient (Wildman–Crippen LogP) is 1.57. The Morgan fingerprint density at radius 2 is 2.16 bits per heavy atom. The number of rotatable bonds is 7. The highest BCUT2D eigenvalue weighted by atomic mass is 16.5. The zero-order valence-electron chi connectivity index (χ0n) is 10.8. The maximum absolute atomic E-state index is 11.7. The van der Waals surface area contributed by atoms with Gasteiger partial charge in [-0.25, -0.2) is 0 Å². The standard InChI is InChI=1S/C14H17NO4/c1-2-19-13(17)7-4-8-15-14(18)12-6-3-5-11(9-12)10-16/h3,5-6,9-10H,2,4,7-8H2,1H3,(H,15,18). The molecule has 0 bridgehead atoms. The van der Waals surface area contributed by atoms with Crippen molar-refractivity contribution in [1.82, 2.24) is 5.32 Å². The van der Waals surface area contributed by atoms with E-state index in [4.69, 9.17) is 4.74 Å². The van der Waals surface area contributed by atoms with Gasteiger partial charge < -0.3 is 10.1 Å². The molecule has 0 radical (unpaired) electrons. The third kappa shape index (κ3) is 5.33. The van der Waals surface area contributed by atoms with Crippen LogP contribution in [0.2, 0.25) is 0 Å². The summed E-state index contributed by atoms with van der Waals surface area (Å²) in [5.74, 6) is -0.521. The topological polar surface area (TPSA) is 72.5 Å². The summed E-state index contributed by atoms with van der Waals surface area (Å²) < 4.78 is 4.77. The summed E-state index contributed by atoms with van der Waals surface area (Å²) in [6.45, 7) is 2.51. The van der Waals surface area contributed by atoms with Gasteiger partial charge in [0.1, 0.15) is 6.29 Å². The molecule has 0 aliphatic heterocycles. The molecule has 1 rings (SSSR count). The van der Waals surface area contributed by atoms with E-state index < -0.39 is 0 Å². The van der Waals surface area contributed by atoms with Crippen molar-refractivity contribution in [2.24, 2.45) is 0 Å². The summed E-state index contributed by atoms with van der Waals surface area (Å²) in [6, 6.07) is 6.43. The van der Waals surface area contributed by atoms with Gasteiger partial charge in [-0.3, -0.25) is 14.4 Å². The first-order chi connectivity index (χ1) is 9.17. The Hall–Kier alpha value is -2.17. The van der Waals surface area contributed by atoms with Crippen LogP contribution in [-0.2, 0) is 9.53 Å². The molecular weight excluding hydrogens is 246 g/mol. The normalized spacial score (nSPS) is 9.74. The summed E-state index contributed by atoms with van der Waals surface area (Å²) >= 11 is 0. The molecule has 1 N–H and O–H groups in total. The van der Waals surface area contributed by atoms with Gasteiger partial charge >= 0.3 is 5.97 Å². The smallest absolute Gasteiger partial charge is 0.305 e. The van der Waals surface area contributed by atoms with Crippen molar-refractivity contribution in [3.63, 3.8) is 0 Å². The Kier molecular flexibility index (Phi) is 6.29. The SMILES string of the molecule is CCOC(=O)CCCNC(=O)c1cccc(C=O)c1. The summed E-state index contributed by atoms with van der Waals surface area (Å²) in [4.78, 5) is 33.4. The largest absolute Gasteiger partial charge is 0.466 e. The third-order valence-electron chi connectivity index (χ3n) is 2.43. The maximum Gasteiger partial charge on any atom is 0.305 e. The quantitative estimate of drug-likeness (QED) is 0.460. The van der Waals surface area contributed by atoms with E-state index >= 15 is 0 Å². The fourth-order valence-electron chi connectivity index (χ4n) is 1.52. The molecule has 0 aliphatic rings. The van der Waals surface area contributed by atoms with E-state index in [0.717, 1.165) is 0 Å². The number of benzene rings is 1. The van der Waals surface area contributed by atoms with Crippen LogP contribution in [0.15, 0.2) is 24.3 Å². The summed E-state index contributed by atoms with van der Waals surface area (Å²) in [5, 5.41) is 2.69. The van der Waals surface area contributed by atoms with Crippen LogP contribution < -0.4 is 5.32 Å². The van der Waals surface area contributed by atoms with Crippen molar-refractivity contribution in [3.05, 3.63) is 35.4 Å². The van der Waals surface area contributed by atoms with Crippen LogP contribution in [0.1, 0.15) is 40.5 Å². The first-order valence-electron chi connectivity index (χ1n) is 6.16. The van der Waals surface area contributed by atoms with E-state index in [1.807, 2.05) is 0 Å². The summed E-state index contributed by atoms with van der Waals surface area (Å²) in [6.07, 6.45) is 1.50. The number of hydrogen-bond donors (Lipinski definition) is 1. The molecule has 102 valence electrons. The Labute approximate surface area is 111 Å². The Morgan fingerprint density at radius 3 is 2.84 bits per heavy atom. The van der Waals surface area contributed by atoms with Crippen LogP contribution in [0.3, 0.4) is 0 Å². The van der Waals surface area contributed by atoms with Gasteiger partial charge in [-0.2, -0.15) is 0 Å². The summed E-state index contributed by atoms with van der Waals surface area (Å²) in [7, 11) is 0. The zero-order chi connectivity index (χ0) is 14.1. The summed E-state index contributed by atoms with van der Waals surface area (Å²) in [5.41, 5.74) is 0.889. The van der Waals surface area contributed by atoms with E-state index in [0.29, 0.717) is 37.0 Å². The van der Waals surface area contributed by atoms with Gasteiger partial charge in [-0.15, -0.1) is 0 Å². The lowest BCUT2D eigenvalue weighted by Crippen LogP contribution is -2.25. The van der Waals surface area contributed by atoms with Crippen molar-refractivity contribution in [2.75, 3.05) is 13.2 Å². The van der Waals surface area contributed by atoms with Gasteiger partial charge in [0.25, 0.3) is 5.91 Å². The molecule has 0 fully saturated rings. The van der Waals surface area contributed by atoms with Crippen LogP contribution in [0.5, 0.6) is 0 Å². The second kappa shape index (κ2) is 8.02. The molecule has 0 aromatic heterocycles. The van der Waals surface area contributed by atoms with Crippen molar-refractivity contribution in [2.45, 2.75) is 19.8 Å². The minimum atomic E-state index is -0.264. The van der Waals surface area contributed by atoms with Gasteiger partial charge in [-0.05, 0) is 25.5 Å². The average molecular weight is 263 g/mol. The molecule has 5 heteroatoms. The van der Waals surface area contributed by atoms with Gasteiger partial charge in [-0.1, -0.05) is 12.1 Å². The van der Waals surface area contributed by atoms with Crippen LogP contribution >= 0.6 is 0 Å². The van der Waals surface area contributed by atoms with E-state index in [1.165, 1.54) is 6.07 Å². The number of hydrogen-bond acceptors (Lipinski definition) is 4. The number of esters is 1. The molecule has 0 saturated heterocycles. The van der Waals surface area contributed by atoms with Gasteiger partial charge in [0.05, 0.1) is 6.61 Å². The van der Waals surface area contributed by atoms with E-state index in [-0.39, 0.29) is 18.3 Å². The molecule has 19 heavy (non-hydrogen) atoms. The van der Waals surface area contributed by atoms with E-state index in [9.17, 15) is 14.4 Å². The van der Waals surface area contributed by atoms with Crippen molar-refractivity contribution >= 4 is 18.2 Å². The number of carbonyl (C=O) groups is 3. The number of carbonyl (C=O) groups excluding carboxylic acids is 3. The second-order valence-corrected chi connectivity index (χ2v) is 3.91. The molecule has 0 heterocycles. The molecule has 0 saturated carbocycles. The van der Waals surface area contributed by atoms with Crippen molar-refractivity contribution in [1.29, 1.82) is 0 Å². The molecular formula is C14H17NO4. The number of ether oxygens (including phenoxy) is 1. The average Bonchev–Trinajstić information content (AvgIpc) is 2.43. The van der Waals surface area contributed by atoms with Crippen molar-refractivity contribution in [3.8, 4) is 0 Å². The molecule has 1 aromatic rings. The molecule has 1 amide bonds. The van der Waals surface area contributed by atoms with Crippen LogP contribution in [0, 0.1) is 0 Å². The van der Waals surface area contributed by atoms with Gasteiger partial charge in [0, 0.05) is 24.1 Å². The Balaban J connectivity index is 2.35. The van der Waals surface area contributed by atoms with Crippen LogP contribution in [-0.4, -0.2) is 31.3 Å². The second-order valence-electron chi connectivity index (χ2n) is 3.91. The number of aldehydes is 1. The van der Waals surface area contributed by atoms with Gasteiger partial charge in [0.15, 0.2) is 0 Å². The highest BCUT2D eigenvalue weighted by Crippen LogP contribution is 2.03. The van der Waals surface area contributed by atoms with E-state index in [1.54, 1.807) is 25.1 Å². The minimum absolute atomic E-state index is 0.257. The molecule has 0 aliphatic carbocycles. The molecule has 0 spiro atoms.